The first-order valence-electron chi connectivity index (χ1n) is 10.1. The second-order valence-corrected chi connectivity index (χ2v) is 10.1. The molecule has 2 N–H and O–H groups in total. The molecule has 8 heteroatoms. The van der Waals surface area contributed by atoms with E-state index in [1.807, 2.05) is 13.8 Å². The van der Waals surface area contributed by atoms with Crippen LogP contribution in [0.25, 0.3) is 10.9 Å². The number of piperidine rings is 1. The average Bonchev–Trinajstić information content (AvgIpc) is 2.66. The molecule has 2 heterocycles. The van der Waals surface area contributed by atoms with E-state index in [1.165, 1.54) is 18.2 Å². The molecule has 1 atom stereocenters. The molecule has 29 heavy (non-hydrogen) atoms. The molecule has 158 valence electrons. The van der Waals surface area contributed by atoms with Crippen molar-refractivity contribution in [3.05, 3.63) is 40.7 Å². The Morgan fingerprint density at radius 1 is 1.21 bits per heavy atom. The van der Waals surface area contributed by atoms with Crippen LogP contribution in [0.1, 0.15) is 40.0 Å². The minimum atomic E-state index is -3.89. The van der Waals surface area contributed by atoms with Crippen LogP contribution in [0.3, 0.4) is 0 Å². The largest absolute Gasteiger partial charge is 0.341 e. The highest BCUT2D eigenvalue weighted by Gasteiger charge is 2.31. The van der Waals surface area contributed by atoms with Crippen LogP contribution in [0.15, 0.2) is 40.0 Å². The van der Waals surface area contributed by atoms with Gasteiger partial charge in [0.25, 0.3) is 0 Å². The highest BCUT2D eigenvalue weighted by molar-refractivity contribution is 7.89. The average molecular weight is 420 g/mol. The number of rotatable bonds is 6. The number of fused-ring (bicyclic) bond motifs is 1. The van der Waals surface area contributed by atoms with E-state index >= 15 is 0 Å². The number of aromatic nitrogens is 1. The summed E-state index contributed by atoms with van der Waals surface area (Å²) in [7, 11) is -3.89. The van der Waals surface area contributed by atoms with Crippen LogP contribution in [-0.2, 0) is 14.8 Å². The molecular weight excluding hydrogens is 390 g/mol. The molecule has 0 aliphatic carbocycles. The number of carbonyl (C=O) groups is 1. The highest BCUT2D eigenvalue weighted by atomic mass is 32.2. The fraction of sp³-hybridized carbons (Fsp3) is 0.524. The number of likely N-dealkylation sites (tertiary alicyclic amines) is 1. The second kappa shape index (κ2) is 8.67. The van der Waals surface area contributed by atoms with Gasteiger partial charge in [-0.1, -0.05) is 20.8 Å². The summed E-state index contributed by atoms with van der Waals surface area (Å²) in [6.45, 7) is 7.45. The summed E-state index contributed by atoms with van der Waals surface area (Å²) in [5, 5.41) is 0.615. The quantitative estimate of drug-likeness (QED) is 0.751. The van der Waals surface area contributed by atoms with Crippen molar-refractivity contribution in [2.45, 2.75) is 51.0 Å². The number of nitrogens with one attached hydrogen (secondary N) is 2. The van der Waals surface area contributed by atoms with E-state index in [2.05, 4.69) is 16.6 Å². The molecule has 7 nitrogen and oxygen atoms in total. The molecule has 1 aliphatic rings. The molecule has 0 spiro atoms. The van der Waals surface area contributed by atoms with Crippen LogP contribution >= 0.6 is 0 Å². The third-order valence-electron chi connectivity index (χ3n) is 5.40. The fourth-order valence-electron chi connectivity index (χ4n) is 3.67. The molecule has 0 radical (unpaired) electrons. The van der Waals surface area contributed by atoms with Gasteiger partial charge in [-0.25, -0.2) is 8.42 Å². The Bertz CT molecular complexity index is 1040. The summed E-state index contributed by atoms with van der Waals surface area (Å²) in [6.07, 6.45) is 2.32. The summed E-state index contributed by atoms with van der Waals surface area (Å²) in [6, 6.07) is 6.66. The number of benzene rings is 1. The van der Waals surface area contributed by atoms with Crippen molar-refractivity contribution in [2.24, 2.45) is 11.8 Å². The van der Waals surface area contributed by atoms with Crippen LogP contribution in [0.5, 0.6) is 0 Å². The van der Waals surface area contributed by atoms with Gasteiger partial charge >= 0.3 is 0 Å². The Balaban J connectivity index is 1.84. The lowest BCUT2D eigenvalue weighted by Gasteiger charge is -2.33. The van der Waals surface area contributed by atoms with Crippen LogP contribution < -0.4 is 10.3 Å². The minimum absolute atomic E-state index is 0.0749. The summed E-state index contributed by atoms with van der Waals surface area (Å²) in [4.78, 5) is 29.0. The summed E-state index contributed by atoms with van der Waals surface area (Å²) in [5.41, 5.74) is 0.318. The molecule has 0 unspecified atom stereocenters. The van der Waals surface area contributed by atoms with Crippen LogP contribution in [-0.4, -0.2) is 43.3 Å². The van der Waals surface area contributed by atoms with Crippen LogP contribution in [0, 0.1) is 11.8 Å². The van der Waals surface area contributed by atoms with Crippen molar-refractivity contribution in [1.29, 1.82) is 0 Å². The number of carbonyl (C=O) groups excluding carboxylic acids is 1. The first kappa shape index (κ1) is 21.5. The SMILES string of the molecule is CC(C)C[C@@H](NS(=O)(=O)c1ccc2[nH]c(=O)ccc2c1)C(=O)N1CCC(C)CC1. The van der Waals surface area contributed by atoms with Gasteiger partial charge in [0.05, 0.1) is 4.90 Å². The van der Waals surface area contributed by atoms with Gasteiger partial charge in [-0.2, -0.15) is 4.72 Å². The van der Waals surface area contributed by atoms with E-state index in [1.54, 1.807) is 17.0 Å². The zero-order valence-corrected chi connectivity index (χ0v) is 18.0. The minimum Gasteiger partial charge on any atom is -0.341 e. The number of aromatic amines is 1. The lowest BCUT2D eigenvalue weighted by atomic mass is 9.97. The van der Waals surface area contributed by atoms with Gasteiger partial charge in [0.15, 0.2) is 0 Å². The molecule has 3 rings (SSSR count). The van der Waals surface area contributed by atoms with Crippen LogP contribution in [0.4, 0.5) is 0 Å². The Labute approximate surface area is 171 Å². The van der Waals surface area contributed by atoms with Gasteiger partial charge in [0, 0.05) is 24.7 Å². The van der Waals surface area contributed by atoms with E-state index in [9.17, 15) is 18.0 Å². The van der Waals surface area contributed by atoms with E-state index in [0.29, 0.717) is 36.3 Å². The van der Waals surface area contributed by atoms with E-state index < -0.39 is 16.1 Å². The molecular formula is C21H29N3O4S. The predicted octanol–water partition coefficient (Wildman–Crippen LogP) is 2.48. The van der Waals surface area contributed by atoms with Crippen molar-refractivity contribution in [2.75, 3.05) is 13.1 Å². The highest BCUT2D eigenvalue weighted by Crippen LogP contribution is 2.21. The Morgan fingerprint density at radius 2 is 1.90 bits per heavy atom. The smallest absolute Gasteiger partial charge is 0.248 e. The first-order chi connectivity index (χ1) is 13.7. The summed E-state index contributed by atoms with van der Waals surface area (Å²) >= 11 is 0. The topological polar surface area (TPSA) is 99.3 Å². The number of H-pyrrole nitrogens is 1. The van der Waals surface area contributed by atoms with Gasteiger partial charge in [0.2, 0.25) is 21.5 Å². The molecule has 1 fully saturated rings. The number of hydrogen-bond donors (Lipinski definition) is 2. The zero-order chi connectivity index (χ0) is 21.2. The normalized spacial score (nSPS) is 17.0. The molecule has 1 saturated heterocycles. The first-order valence-corrected chi connectivity index (χ1v) is 11.6. The van der Waals surface area contributed by atoms with Crippen molar-refractivity contribution in [1.82, 2.24) is 14.6 Å². The molecule has 2 aromatic rings. The Morgan fingerprint density at radius 3 is 2.55 bits per heavy atom. The van der Waals surface area contributed by atoms with Gasteiger partial charge < -0.3 is 9.88 Å². The van der Waals surface area contributed by atoms with E-state index in [0.717, 1.165) is 12.8 Å². The Kier molecular flexibility index (Phi) is 6.43. The maximum absolute atomic E-state index is 13.1. The third kappa shape index (κ3) is 5.25. The molecule has 1 aromatic heterocycles. The second-order valence-electron chi connectivity index (χ2n) is 8.38. The molecule has 0 saturated carbocycles. The summed E-state index contributed by atoms with van der Waals surface area (Å²) in [5.74, 6) is 0.597. The van der Waals surface area contributed by atoms with Crippen molar-refractivity contribution in [3.63, 3.8) is 0 Å². The molecule has 1 aromatic carbocycles. The Hall–Kier alpha value is -2.19. The fourth-order valence-corrected chi connectivity index (χ4v) is 4.91. The van der Waals surface area contributed by atoms with Gasteiger partial charge in [-0.3, -0.25) is 9.59 Å². The molecule has 0 bridgehead atoms. The monoisotopic (exact) mass is 419 g/mol. The maximum Gasteiger partial charge on any atom is 0.248 e. The van der Waals surface area contributed by atoms with Gasteiger partial charge in [-0.05, 0) is 60.7 Å². The van der Waals surface area contributed by atoms with Crippen LogP contribution in [0.2, 0.25) is 0 Å². The number of nitrogens with zero attached hydrogens (tertiary/aromatic N) is 1. The predicted molar refractivity (Wildman–Crippen MR) is 113 cm³/mol. The number of hydrogen-bond acceptors (Lipinski definition) is 4. The maximum atomic E-state index is 13.1. The number of sulfonamides is 1. The third-order valence-corrected chi connectivity index (χ3v) is 6.87. The van der Waals surface area contributed by atoms with E-state index in [4.69, 9.17) is 0 Å². The lowest BCUT2D eigenvalue weighted by Crippen LogP contribution is -2.51. The van der Waals surface area contributed by atoms with Gasteiger partial charge in [0.1, 0.15) is 6.04 Å². The molecule has 1 aliphatic heterocycles. The zero-order valence-electron chi connectivity index (χ0n) is 17.1. The van der Waals surface area contributed by atoms with Crippen molar-refractivity contribution < 1.29 is 13.2 Å². The number of pyridine rings is 1. The van der Waals surface area contributed by atoms with Crippen molar-refractivity contribution in [3.8, 4) is 0 Å². The summed E-state index contributed by atoms with van der Waals surface area (Å²) < 4.78 is 28.7. The molecule has 1 amide bonds. The number of amides is 1. The lowest BCUT2D eigenvalue weighted by molar-refractivity contribution is -0.134. The van der Waals surface area contributed by atoms with Crippen molar-refractivity contribution >= 4 is 26.8 Å². The van der Waals surface area contributed by atoms with E-state index in [-0.39, 0.29) is 22.3 Å². The van der Waals surface area contributed by atoms with Gasteiger partial charge in [-0.15, -0.1) is 0 Å². The standard InChI is InChI=1S/C21H29N3O4S/c1-14(2)12-19(21(26)24-10-8-15(3)9-11-24)23-29(27,28)17-5-6-18-16(13-17)4-7-20(25)22-18/h4-7,13-15,19,23H,8-12H2,1-3H3,(H,22,25)/t19-/m1/s1.